The molecule has 2 rings (SSSR count). The highest BCUT2D eigenvalue weighted by Gasteiger charge is 2.20. The first kappa shape index (κ1) is 10.6. The summed E-state index contributed by atoms with van der Waals surface area (Å²) >= 11 is 0. The normalized spacial score (nSPS) is 13.7. The minimum absolute atomic E-state index is 0.122. The lowest BCUT2D eigenvalue weighted by atomic mass is 10.1. The number of nitrogens with zero attached hydrogens (tertiary/aromatic N) is 2. The Hall–Kier alpha value is -1.95. The molecule has 0 atom stereocenters. The van der Waals surface area contributed by atoms with Gasteiger partial charge in [-0.3, -0.25) is 15.1 Å². The number of amidine groups is 1. The molecule has 0 unspecified atom stereocenters. The SMILES string of the molecule is CNCC1=NCc2c(cccc2[N+](=O)[O-])N1. The first-order valence-corrected chi connectivity index (χ1v) is 4.93. The molecule has 84 valence electrons. The lowest BCUT2D eigenvalue weighted by molar-refractivity contribution is -0.385. The topological polar surface area (TPSA) is 79.6 Å². The Morgan fingerprint density at radius 1 is 1.62 bits per heavy atom. The number of aliphatic imine (C=N–C) groups is 1. The number of nitro groups is 1. The predicted octanol–water partition coefficient (Wildman–Crippen LogP) is 1.14. The Labute approximate surface area is 92.5 Å². The molecule has 0 aromatic heterocycles. The molecule has 1 aromatic rings. The summed E-state index contributed by atoms with van der Waals surface area (Å²) in [5.41, 5.74) is 1.54. The fourth-order valence-corrected chi connectivity index (χ4v) is 1.67. The molecule has 6 nitrogen and oxygen atoms in total. The second kappa shape index (κ2) is 4.28. The van der Waals surface area contributed by atoms with Gasteiger partial charge in [-0.2, -0.15) is 0 Å². The van der Waals surface area contributed by atoms with Gasteiger partial charge in [0.2, 0.25) is 0 Å². The van der Waals surface area contributed by atoms with Gasteiger partial charge in [0, 0.05) is 6.07 Å². The van der Waals surface area contributed by atoms with Gasteiger partial charge < -0.3 is 10.6 Å². The van der Waals surface area contributed by atoms with Crippen LogP contribution in [0.1, 0.15) is 5.56 Å². The minimum Gasteiger partial charge on any atom is -0.342 e. The molecule has 1 heterocycles. The Balaban J connectivity index is 2.33. The molecule has 0 spiro atoms. The second-order valence-electron chi connectivity index (χ2n) is 3.48. The van der Waals surface area contributed by atoms with Gasteiger partial charge in [-0.25, -0.2) is 0 Å². The molecule has 0 saturated carbocycles. The molecule has 0 amide bonds. The van der Waals surface area contributed by atoms with Crippen LogP contribution in [0, 0.1) is 10.1 Å². The highest BCUT2D eigenvalue weighted by Crippen LogP contribution is 2.29. The molecule has 0 saturated heterocycles. The summed E-state index contributed by atoms with van der Waals surface area (Å²) in [4.78, 5) is 14.7. The summed E-state index contributed by atoms with van der Waals surface area (Å²) in [6.07, 6.45) is 0. The van der Waals surface area contributed by atoms with Crippen molar-refractivity contribution < 1.29 is 4.92 Å². The summed E-state index contributed by atoms with van der Waals surface area (Å²) in [5, 5.41) is 16.9. The summed E-state index contributed by atoms with van der Waals surface area (Å²) in [6, 6.07) is 5.00. The van der Waals surface area contributed by atoms with E-state index in [4.69, 9.17) is 0 Å². The third-order valence-corrected chi connectivity index (χ3v) is 2.40. The molecule has 0 radical (unpaired) electrons. The Morgan fingerprint density at radius 3 is 3.12 bits per heavy atom. The summed E-state index contributed by atoms with van der Waals surface area (Å²) < 4.78 is 0. The lowest BCUT2D eigenvalue weighted by Crippen LogP contribution is -2.28. The van der Waals surface area contributed by atoms with Crippen molar-refractivity contribution in [3.8, 4) is 0 Å². The maximum absolute atomic E-state index is 10.8. The summed E-state index contributed by atoms with van der Waals surface area (Å²) in [7, 11) is 1.83. The van der Waals surface area contributed by atoms with Gasteiger partial charge in [-0.15, -0.1) is 0 Å². The smallest absolute Gasteiger partial charge is 0.276 e. The Bertz CT molecular complexity index is 456. The van der Waals surface area contributed by atoms with E-state index in [1.54, 1.807) is 6.07 Å². The van der Waals surface area contributed by atoms with Crippen molar-refractivity contribution in [3.05, 3.63) is 33.9 Å². The zero-order valence-electron chi connectivity index (χ0n) is 8.86. The number of nitro benzene ring substituents is 1. The van der Waals surface area contributed by atoms with Gasteiger partial charge in [0.15, 0.2) is 0 Å². The first-order chi connectivity index (χ1) is 7.72. The fraction of sp³-hybridized carbons (Fsp3) is 0.300. The molecule has 0 bridgehead atoms. The molecule has 16 heavy (non-hydrogen) atoms. The van der Waals surface area contributed by atoms with Crippen LogP contribution in [0.15, 0.2) is 23.2 Å². The van der Waals surface area contributed by atoms with Gasteiger partial charge in [-0.1, -0.05) is 6.07 Å². The van der Waals surface area contributed by atoms with Crippen LogP contribution < -0.4 is 10.6 Å². The van der Waals surface area contributed by atoms with Gasteiger partial charge in [0.05, 0.1) is 29.3 Å². The number of rotatable bonds is 3. The number of hydrogen-bond acceptors (Lipinski definition) is 5. The standard InChI is InChI=1S/C10H12N4O2/c1-11-6-10-12-5-7-8(13-10)3-2-4-9(7)14(15)16/h2-4,11H,5-6H2,1H3,(H,12,13). The monoisotopic (exact) mass is 220 g/mol. The van der Waals surface area contributed by atoms with Crippen LogP contribution in [0.5, 0.6) is 0 Å². The van der Waals surface area contributed by atoms with Crippen LogP contribution in [-0.4, -0.2) is 24.4 Å². The zero-order valence-corrected chi connectivity index (χ0v) is 8.86. The van der Waals surface area contributed by atoms with Crippen molar-refractivity contribution in [1.82, 2.24) is 5.32 Å². The van der Waals surface area contributed by atoms with Gasteiger partial charge in [0.25, 0.3) is 5.69 Å². The number of anilines is 1. The van der Waals surface area contributed by atoms with Crippen molar-refractivity contribution in [1.29, 1.82) is 0 Å². The van der Waals surface area contributed by atoms with Gasteiger partial charge in [-0.05, 0) is 13.1 Å². The van der Waals surface area contributed by atoms with Gasteiger partial charge in [0.1, 0.15) is 5.84 Å². The Morgan fingerprint density at radius 2 is 2.44 bits per heavy atom. The third-order valence-electron chi connectivity index (χ3n) is 2.40. The molecule has 6 heteroatoms. The van der Waals surface area contributed by atoms with E-state index in [0.717, 1.165) is 11.5 Å². The zero-order chi connectivity index (χ0) is 11.5. The van der Waals surface area contributed by atoms with Crippen LogP contribution in [0.2, 0.25) is 0 Å². The second-order valence-corrected chi connectivity index (χ2v) is 3.48. The van der Waals surface area contributed by atoms with Crippen molar-refractivity contribution in [2.45, 2.75) is 6.54 Å². The van der Waals surface area contributed by atoms with Crippen LogP contribution in [-0.2, 0) is 6.54 Å². The van der Waals surface area contributed by atoms with Crippen LogP contribution in [0.4, 0.5) is 11.4 Å². The van der Waals surface area contributed by atoms with E-state index < -0.39 is 0 Å². The van der Waals surface area contributed by atoms with E-state index in [1.807, 2.05) is 13.1 Å². The molecule has 1 aliphatic heterocycles. The number of benzene rings is 1. The molecule has 1 aliphatic rings. The largest absolute Gasteiger partial charge is 0.342 e. The molecule has 1 aromatic carbocycles. The number of nitrogens with one attached hydrogen (secondary N) is 2. The van der Waals surface area contributed by atoms with Crippen molar-refractivity contribution in [2.75, 3.05) is 18.9 Å². The van der Waals surface area contributed by atoms with Crippen molar-refractivity contribution >= 4 is 17.2 Å². The lowest BCUT2D eigenvalue weighted by Gasteiger charge is -2.17. The molecular formula is C10H12N4O2. The highest BCUT2D eigenvalue weighted by molar-refractivity contribution is 5.99. The van der Waals surface area contributed by atoms with Crippen molar-refractivity contribution in [2.24, 2.45) is 4.99 Å². The minimum atomic E-state index is -0.376. The van der Waals surface area contributed by atoms with E-state index >= 15 is 0 Å². The van der Waals surface area contributed by atoms with E-state index in [-0.39, 0.29) is 10.6 Å². The maximum Gasteiger partial charge on any atom is 0.276 e. The average Bonchev–Trinajstić information content (AvgIpc) is 2.28. The fourth-order valence-electron chi connectivity index (χ4n) is 1.67. The average molecular weight is 220 g/mol. The van der Waals surface area contributed by atoms with Crippen LogP contribution in [0.25, 0.3) is 0 Å². The van der Waals surface area contributed by atoms with Gasteiger partial charge >= 0.3 is 0 Å². The molecule has 2 N–H and O–H groups in total. The molecule has 0 fully saturated rings. The van der Waals surface area contributed by atoms with Crippen molar-refractivity contribution in [3.63, 3.8) is 0 Å². The number of hydrogen-bond donors (Lipinski definition) is 2. The molecular weight excluding hydrogens is 208 g/mol. The van der Waals surface area contributed by atoms with E-state index in [9.17, 15) is 10.1 Å². The van der Waals surface area contributed by atoms with Crippen LogP contribution >= 0.6 is 0 Å². The number of likely N-dealkylation sites (N-methyl/N-ethyl adjacent to an activating group) is 1. The predicted molar refractivity (Wildman–Crippen MR) is 61.8 cm³/mol. The summed E-state index contributed by atoms with van der Waals surface area (Å²) in [5.74, 6) is 0.801. The van der Waals surface area contributed by atoms with E-state index in [1.165, 1.54) is 6.07 Å². The van der Waals surface area contributed by atoms with E-state index in [2.05, 4.69) is 15.6 Å². The highest BCUT2D eigenvalue weighted by atomic mass is 16.6. The third kappa shape index (κ3) is 1.87. The Kier molecular flexibility index (Phi) is 2.82. The molecule has 0 aliphatic carbocycles. The first-order valence-electron chi connectivity index (χ1n) is 4.93. The quantitative estimate of drug-likeness (QED) is 0.591. The maximum atomic E-state index is 10.8. The van der Waals surface area contributed by atoms with E-state index in [0.29, 0.717) is 18.7 Å². The number of fused-ring (bicyclic) bond motifs is 1. The summed E-state index contributed by atoms with van der Waals surface area (Å²) in [6.45, 7) is 0.985. The van der Waals surface area contributed by atoms with Crippen LogP contribution in [0.3, 0.4) is 0 Å².